The lowest BCUT2D eigenvalue weighted by molar-refractivity contribution is -0.117. The Kier molecular flexibility index (Phi) is 6.33. The van der Waals surface area contributed by atoms with E-state index in [1.165, 1.54) is 0 Å². The summed E-state index contributed by atoms with van der Waals surface area (Å²) in [6, 6.07) is 9.98. The van der Waals surface area contributed by atoms with E-state index in [-0.39, 0.29) is 16.0 Å². The molecule has 1 aromatic carbocycles. The van der Waals surface area contributed by atoms with E-state index < -0.39 is 10.0 Å². The third-order valence-electron chi connectivity index (χ3n) is 4.77. The first-order valence-corrected chi connectivity index (χ1v) is 12.5. The lowest BCUT2D eigenvalue weighted by atomic mass is 10.2. The summed E-state index contributed by atoms with van der Waals surface area (Å²) in [5, 5.41) is 6.79. The molecule has 32 heavy (non-hydrogen) atoms. The van der Waals surface area contributed by atoms with Gasteiger partial charge in [0.1, 0.15) is 21.3 Å². The zero-order valence-electron chi connectivity index (χ0n) is 17.6. The molecular formula is C22H23N3O5S2. The number of hydrogen-bond acceptors (Lipinski definition) is 7. The van der Waals surface area contributed by atoms with Crippen molar-refractivity contribution in [3.05, 3.63) is 52.7 Å². The maximum Gasteiger partial charge on any atom is 0.271 e. The monoisotopic (exact) mass is 473 g/mol. The fraction of sp³-hybridized carbons (Fsp3) is 0.273. The number of rotatable bonds is 9. The van der Waals surface area contributed by atoms with Crippen LogP contribution in [0.25, 0.3) is 12.2 Å². The van der Waals surface area contributed by atoms with Crippen molar-refractivity contribution in [2.45, 2.75) is 30.9 Å². The van der Waals surface area contributed by atoms with Crippen molar-refractivity contribution in [3.63, 3.8) is 0 Å². The minimum absolute atomic E-state index is 0.0317. The van der Waals surface area contributed by atoms with Gasteiger partial charge in [0, 0.05) is 16.5 Å². The second kappa shape index (κ2) is 9.17. The third-order valence-corrected chi connectivity index (χ3v) is 7.69. The maximum atomic E-state index is 12.7. The average Bonchev–Trinajstić information content (AvgIpc) is 3.41. The summed E-state index contributed by atoms with van der Waals surface area (Å²) >= 11 is 1.12. The number of aromatic nitrogens is 1. The highest BCUT2D eigenvalue weighted by Gasteiger charge is 2.30. The molecule has 1 fully saturated rings. The number of amides is 1. The molecule has 10 heteroatoms. The molecule has 0 radical (unpaired) electrons. The fourth-order valence-corrected chi connectivity index (χ4v) is 5.23. The van der Waals surface area contributed by atoms with Crippen LogP contribution in [-0.2, 0) is 14.8 Å². The summed E-state index contributed by atoms with van der Waals surface area (Å²) in [7, 11) is -3.72. The Morgan fingerprint density at radius 2 is 1.97 bits per heavy atom. The van der Waals surface area contributed by atoms with Gasteiger partial charge in [-0.2, -0.15) is 0 Å². The molecule has 4 rings (SSSR count). The summed E-state index contributed by atoms with van der Waals surface area (Å²) in [5.74, 6) is 1.13. The normalized spacial score (nSPS) is 13.9. The van der Waals surface area contributed by atoms with Gasteiger partial charge in [-0.1, -0.05) is 5.16 Å². The molecule has 0 aliphatic heterocycles. The van der Waals surface area contributed by atoms with Crippen LogP contribution in [0.1, 0.15) is 36.1 Å². The van der Waals surface area contributed by atoms with Gasteiger partial charge in [-0.25, -0.2) is 8.42 Å². The van der Waals surface area contributed by atoms with E-state index in [1.807, 2.05) is 6.92 Å². The van der Waals surface area contributed by atoms with Gasteiger partial charge in [-0.15, -0.1) is 11.3 Å². The van der Waals surface area contributed by atoms with Gasteiger partial charge >= 0.3 is 0 Å². The molecule has 2 aromatic heterocycles. The zero-order chi connectivity index (χ0) is 22.7. The van der Waals surface area contributed by atoms with Gasteiger partial charge in [0.2, 0.25) is 5.91 Å². The van der Waals surface area contributed by atoms with Crippen molar-refractivity contribution in [3.8, 4) is 5.75 Å². The lowest BCUT2D eigenvalue weighted by Gasteiger charge is -2.07. The number of anilines is 2. The molecule has 1 aliphatic carbocycles. The lowest BCUT2D eigenvalue weighted by Crippen LogP contribution is -2.14. The van der Waals surface area contributed by atoms with Crippen LogP contribution >= 0.6 is 11.3 Å². The predicted molar refractivity (Wildman–Crippen MR) is 124 cm³/mol. The van der Waals surface area contributed by atoms with Gasteiger partial charge < -0.3 is 14.6 Å². The first-order chi connectivity index (χ1) is 15.4. The molecule has 2 heterocycles. The molecule has 2 N–H and O–H groups in total. The quantitative estimate of drug-likeness (QED) is 0.463. The smallest absolute Gasteiger partial charge is 0.271 e. The SMILES string of the molecule is CCOc1ccc(NS(=O)(=O)c2ccc(C=Cc3onc(C)c3NC(=O)C3CC3)s2)cc1. The number of hydrogen-bond donors (Lipinski definition) is 2. The Hall–Kier alpha value is -3.11. The average molecular weight is 474 g/mol. The molecule has 0 saturated heterocycles. The topological polar surface area (TPSA) is 111 Å². The highest BCUT2D eigenvalue weighted by Crippen LogP contribution is 2.32. The predicted octanol–water partition coefficient (Wildman–Crippen LogP) is 4.76. The highest BCUT2D eigenvalue weighted by atomic mass is 32.2. The van der Waals surface area contributed by atoms with Crippen LogP contribution in [0.5, 0.6) is 5.75 Å². The van der Waals surface area contributed by atoms with E-state index in [1.54, 1.807) is 55.5 Å². The van der Waals surface area contributed by atoms with Crippen molar-refractivity contribution >= 4 is 50.8 Å². The first-order valence-electron chi connectivity index (χ1n) is 10.2. The minimum atomic E-state index is -3.72. The van der Waals surface area contributed by atoms with Crippen LogP contribution in [0.2, 0.25) is 0 Å². The van der Waals surface area contributed by atoms with Gasteiger partial charge in [0.15, 0.2) is 5.76 Å². The van der Waals surface area contributed by atoms with Crippen LogP contribution in [0, 0.1) is 12.8 Å². The van der Waals surface area contributed by atoms with E-state index >= 15 is 0 Å². The van der Waals surface area contributed by atoms with Crippen LogP contribution in [-0.4, -0.2) is 26.1 Å². The zero-order valence-corrected chi connectivity index (χ0v) is 19.3. The van der Waals surface area contributed by atoms with Crippen molar-refractivity contribution < 1.29 is 22.5 Å². The van der Waals surface area contributed by atoms with E-state index in [0.717, 1.165) is 24.2 Å². The van der Waals surface area contributed by atoms with Crippen molar-refractivity contribution in [1.29, 1.82) is 0 Å². The Morgan fingerprint density at radius 1 is 1.22 bits per heavy atom. The number of ether oxygens (including phenoxy) is 1. The number of nitrogens with one attached hydrogen (secondary N) is 2. The highest BCUT2D eigenvalue weighted by molar-refractivity contribution is 7.94. The van der Waals surface area contributed by atoms with Crippen LogP contribution in [0.3, 0.4) is 0 Å². The van der Waals surface area contributed by atoms with E-state index in [9.17, 15) is 13.2 Å². The molecule has 0 atom stereocenters. The summed E-state index contributed by atoms with van der Waals surface area (Å²) in [6.45, 7) is 4.18. The van der Waals surface area contributed by atoms with Crippen LogP contribution < -0.4 is 14.8 Å². The second-order valence-electron chi connectivity index (χ2n) is 7.32. The molecule has 0 unspecified atom stereocenters. The van der Waals surface area contributed by atoms with E-state index in [2.05, 4.69) is 15.2 Å². The molecule has 8 nitrogen and oxygen atoms in total. The molecule has 0 spiro atoms. The van der Waals surface area contributed by atoms with Crippen molar-refractivity contribution in [1.82, 2.24) is 5.16 Å². The van der Waals surface area contributed by atoms with Crippen LogP contribution in [0.4, 0.5) is 11.4 Å². The second-order valence-corrected chi connectivity index (χ2v) is 10.3. The molecular weight excluding hydrogens is 450 g/mol. The molecule has 1 aliphatic rings. The first kappa shape index (κ1) is 22.1. The van der Waals surface area contributed by atoms with Crippen LogP contribution in [0.15, 0.2) is 45.1 Å². The van der Waals surface area contributed by atoms with E-state index in [0.29, 0.717) is 40.1 Å². The Morgan fingerprint density at radius 3 is 2.66 bits per heavy atom. The van der Waals surface area contributed by atoms with Gasteiger partial charge in [0.05, 0.1) is 6.61 Å². The van der Waals surface area contributed by atoms with E-state index in [4.69, 9.17) is 9.26 Å². The molecule has 1 amide bonds. The van der Waals surface area contributed by atoms with Gasteiger partial charge in [0.25, 0.3) is 10.0 Å². The van der Waals surface area contributed by atoms with Gasteiger partial charge in [-0.05, 0) is 75.2 Å². The summed E-state index contributed by atoms with van der Waals surface area (Å²) < 4.78 is 38.9. The number of carbonyl (C=O) groups excluding carboxylic acids is 1. The van der Waals surface area contributed by atoms with Crippen molar-refractivity contribution in [2.24, 2.45) is 5.92 Å². The third kappa shape index (κ3) is 5.20. The number of aryl methyl sites for hydroxylation is 1. The number of carbonyl (C=O) groups is 1. The summed E-state index contributed by atoms with van der Waals surface area (Å²) in [4.78, 5) is 12.8. The Labute approximate surface area is 190 Å². The fourth-order valence-electron chi connectivity index (χ4n) is 2.94. The molecule has 1 saturated carbocycles. The van der Waals surface area contributed by atoms with Crippen molar-refractivity contribution in [2.75, 3.05) is 16.6 Å². The molecule has 168 valence electrons. The Balaban J connectivity index is 1.45. The number of thiophene rings is 1. The largest absolute Gasteiger partial charge is 0.494 e. The summed E-state index contributed by atoms with van der Waals surface area (Å²) in [5.41, 5.74) is 1.58. The number of sulfonamides is 1. The minimum Gasteiger partial charge on any atom is -0.494 e. The number of benzene rings is 1. The molecule has 0 bridgehead atoms. The molecule has 3 aromatic rings. The van der Waals surface area contributed by atoms with Gasteiger partial charge in [-0.3, -0.25) is 9.52 Å². The number of nitrogens with zero attached hydrogens (tertiary/aromatic N) is 1. The summed E-state index contributed by atoms with van der Waals surface area (Å²) in [6.07, 6.45) is 5.20. The Bertz CT molecular complexity index is 1240. The maximum absolute atomic E-state index is 12.7. The standard InChI is InChI=1S/C22H23N3O5S2/c1-3-29-17-8-6-16(7-9-17)25-32(27,28)20-13-11-18(31-20)10-12-19-21(14(2)24-30-19)23-22(26)15-4-5-15/h6-13,15,25H,3-5H2,1-2H3,(H,23,26).